The van der Waals surface area contributed by atoms with E-state index in [9.17, 15) is 13.2 Å². The van der Waals surface area contributed by atoms with Gasteiger partial charge < -0.3 is 0 Å². The van der Waals surface area contributed by atoms with E-state index in [1.165, 1.54) is 17.7 Å². The first-order valence-corrected chi connectivity index (χ1v) is 13.1. The van der Waals surface area contributed by atoms with Gasteiger partial charge in [0, 0.05) is 0 Å². The predicted molar refractivity (Wildman–Crippen MR) is 142 cm³/mol. The van der Waals surface area contributed by atoms with Crippen molar-refractivity contribution >= 4 is 15.1 Å². The van der Waals surface area contributed by atoms with Crippen LogP contribution in [0.25, 0.3) is 10.8 Å². The van der Waals surface area contributed by atoms with Crippen molar-refractivity contribution in [1.82, 2.24) is 4.90 Å². The van der Waals surface area contributed by atoms with Crippen LogP contribution < -0.4 is 9.47 Å². The molecular weight excluding hydrogens is 526 g/mol. The molecule has 0 aliphatic carbocycles. The van der Waals surface area contributed by atoms with Crippen molar-refractivity contribution < 1.29 is 39.6 Å². The molecule has 0 radical (unpaired) electrons. The summed E-state index contributed by atoms with van der Waals surface area (Å²) in [5, 5.41) is 2.29. The molecule has 0 heterocycles. The van der Waals surface area contributed by atoms with E-state index in [1.54, 1.807) is 7.11 Å². The van der Waals surface area contributed by atoms with Crippen LogP contribution in [0.4, 0.5) is 13.2 Å². The fraction of sp³-hybridized carbons (Fsp3) is 0.258. The average molecular weight is 557 g/mol. The Morgan fingerprint density at radius 2 is 1.47 bits per heavy atom. The summed E-state index contributed by atoms with van der Waals surface area (Å²) in [6.07, 6.45) is -4.02. The quantitative estimate of drug-likeness (QED) is 0.199. The van der Waals surface area contributed by atoms with Crippen molar-refractivity contribution in [3.63, 3.8) is 0 Å². The number of alkyl halides is 3. The number of benzene rings is 4. The number of methoxy groups -OCH3 is 1. The maximum atomic E-state index is 13.0. The molecule has 7 heteroatoms. The Morgan fingerprint density at radius 3 is 2.13 bits per heavy atom. The fourth-order valence-corrected chi connectivity index (χ4v) is 4.78. The van der Waals surface area contributed by atoms with Gasteiger partial charge in [-0.15, -0.1) is 0 Å². The Morgan fingerprint density at radius 1 is 0.842 bits per heavy atom. The first-order valence-electron chi connectivity index (χ1n) is 12.4. The van der Waals surface area contributed by atoms with Crippen molar-refractivity contribution in [1.29, 1.82) is 0 Å². The molecular formula is C31H30F3NO2V. The number of ether oxygens (including phenoxy) is 2. The fourth-order valence-electron chi connectivity index (χ4n) is 4.39. The number of halogens is 3. The third kappa shape index (κ3) is 6.87. The molecule has 0 bridgehead atoms. The van der Waals surface area contributed by atoms with Crippen molar-refractivity contribution in [3.8, 4) is 11.5 Å². The summed E-state index contributed by atoms with van der Waals surface area (Å²) < 4.78 is 51.6. The van der Waals surface area contributed by atoms with Gasteiger partial charge in [-0.05, 0) is 0 Å². The van der Waals surface area contributed by atoms with Crippen LogP contribution in [0, 0.1) is 0 Å². The maximum absolute atomic E-state index is 13.0. The van der Waals surface area contributed by atoms with Gasteiger partial charge in [0.1, 0.15) is 0 Å². The van der Waals surface area contributed by atoms with E-state index in [0.29, 0.717) is 18.7 Å². The van der Waals surface area contributed by atoms with E-state index in [2.05, 4.69) is 60.1 Å². The van der Waals surface area contributed by atoms with Crippen molar-refractivity contribution in [2.75, 3.05) is 20.7 Å². The first kappa shape index (κ1) is 28.0. The molecule has 38 heavy (non-hydrogen) atoms. The SMILES string of the molecule is COc1ccc2cc(C(C)[C](=[V])N(C)CCC(Oc3ccc(C(F)(F)F)cc3)c3ccccc3)ccc2c1. The summed E-state index contributed by atoms with van der Waals surface area (Å²) in [5.41, 5.74) is 1.50. The molecule has 0 fully saturated rings. The molecule has 4 rings (SSSR count). The number of likely N-dealkylation sites (N-methyl/N-ethyl adjacent to an activating group) is 1. The number of rotatable bonds is 10. The van der Waals surface area contributed by atoms with E-state index in [-0.39, 0.29) is 12.0 Å². The van der Waals surface area contributed by atoms with Gasteiger partial charge in [0.05, 0.1) is 0 Å². The zero-order valence-electron chi connectivity index (χ0n) is 21.6. The molecule has 2 atom stereocenters. The number of hydrogen-bond donors (Lipinski definition) is 0. The minimum absolute atomic E-state index is 0.178. The Bertz CT molecular complexity index is 1370. The molecule has 4 aromatic carbocycles. The minimum atomic E-state index is -4.37. The molecule has 0 amide bonds. The van der Waals surface area contributed by atoms with Crippen molar-refractivity contribution in [2.45, 2.75) is 31.5 Å². The number of hydrogen-bond acceptors (Lipinski definition) is 3. The topological polar surface area (TPSA) is 21.7 Å². The van der Waals surface area contributed by atoms with Crippen molar-refractivity contribution in [3.05, 3.63) is 108 Å². The molecule has 4 aromatic rings. The van der Waals surface area contributed by atoms with E-state index in [4.69, 9.17) is 9.47 Å². The van der Waals surface area contributed by atoms with Gasteiger partial charge in [-0.25, -0.2) is 0 Å². The van der Waals surface area contributed by atoms with Crippen LogP contribution in [0.2, 0.25) is 0 Å². The predicted octanol–water partition coefficient (Wildman–Crippen LogP) is 7.79. The molecule has 197 valence electrons. The summed E-state index contributed by atoms with van der Waals surface area (Å²) in [6, 6.07) is 27.2. The number of fused-ring (bicyclic) bond motifs is 1. The summed E-state index contributed by atoms with van der Waals surface area (Å²) in [4.78, 5) is 2.20. The van der Waals surface area contributed by atoms with Crippen molar-refractivity contribution in [2.24, 2.45) is 0 Å². The Balaban J connectivity index is 1.45. The standard InChI is InChI=1S/C31H30F3NO2.V/c1-22(24-9-10-26-20-29(36-3)14-11-25(26)19-24)21-35(2)18-17-30(23-7-5-4-6-8-23)37-28-15-12-27(13-16-28)31(32,33)34;/h4-16,19-20,22,30H,17-18H2,1-3H3;. The van der Waals surface area contributed by atoms with E-state index in [1.807, 2.05) is 42.5 Å². The van der Waals surface area contributed by atoms with Gasteiger partial charge in [-0.2, -0.15) is 0 Å². The zero-order chi connectivity index (χ0) is 27.3. The second kappa shape index (κ2) is 12.2. The Hall–Kier alpha value is -3.06. The average Bonchev–Trinajstić information content (AvgIpc) is 2.93. The van der Waals surface area contributed by atoms with Crippen LogP contribution in [-0.4, -0.2) is 30.0 Å². The summed E-state index contributed by atoms with van der Waals surface area (Å²) in [5.74, 6) is 1.42. The summed E-state index contributed by atoms with van der Waals surface area (Å²) in [7, 11) is 3.72. The first-order chi connectivity index (χ1) is 18.2. The molecule has 0 N–H and O–H groups in total. The van der Waals surface area contributed by atoms with Crippen LogP contribution in [0.1, 0.15) is 42.1 Å². The van der Waals surface area contributed by atoms with Crippen LogP contribution in [0.15, 0.2) is 91.0 Å². The zero-order valence-corrected chi connectivity index (χ0v) is 23.0. The third-order valence-electron chi connectivity index (χ3n) is 6.71. The number of nitrogens with zero attached hydrogens (tertiary/aromatic N) is 1. The van der Waals surface area contributed by atoms with Gasteiger partial charge in [-0.3, -0.25) is 0 Å². The molecule has 2 unspecified atom stereocenters. The molecule has 0 saturated carbocycles. The van der Waals surface area contributed by atoms with Crippen LogP contribution in [-0.2, 0) is 23.2 Å². The second-order valence-corrected chi connectivity index (χ2v) is 10.0. The Labute approximate surface area is 230 Å². The molecule has 0 spiro atoms. The van der Waals surface area contributed by atoms with Crippen LogP contribution in [0.5, 0.6) is 11.5 Å². The van der Waals surface area contributed by atoms with E-state index in [0.717, 1.165) is 38.6 Å². The molecule has 0 aliphatic heterocycles. The summed E-state index contributed by atoms with van der Waals surface area (Å²) in [6.45, 7) is 2.89. The normalized spacial score (nSPS) is 13.3. The molecule has 3 nitrogen and oxygen atoms in total. The summed E-state index contributed by atoms with van der Waals surface area (Å²) >= 11 is 2.69. The third-order valence-corrected chi connectivity index (χ3v) is 7.85. The van der Waals surface area contributed by atoms with Gasteiger partial charge in [0.15, 0.2) is 0 Å². The van der Waals surface area contributed by atoms with Gasteiger partial charge in [0.25, 0.3) is 0 Å². The van der Waals surface area contributed by atoms with Gasteiger partial charge in [-0.1, -0.05) is 0 Å². The second-order valence-electron chi connectivity index (χ2n) is 9.30. The van der Waals surface area contributed by atoms with Crippen LogP contribution >= 0.6 is 0 Å². The molecule has 0 aliphatic rings. The van der Waals surface area contributed by atoms with E-state index < -0.39 is 11.7 Å². The Kier molecular flexibility index (Phi) is 8.98. The van der Waals surface area contributed by atoms with E-state index >= 15 is 0 Å². The van der Waals surface area contributed by atoms with Gasteiger partial charge in [0.2, 0.25) is 0 Å². The van der Waals surface area contributed by atoms with Crippen LogP contribution in [0.3, 0.4) is 0 Å². The molecule has 0 saturated heterocycles. The monoisotopic (exact) mass is 556 g/mol. The van der Waals surface area contributed by atoms with Gasteiger partial charge >= 0.3 is 231 Å². The molecule has 0 aromatic heterocycles.